The lowest BCUT2D eigenvalue weighted by Gasteiger charge is -2.05. The van der Waals surface area contributed by atoms with Gasteiger partial charge in [-0.3, -0.25) is 9.36 Å². The lowest BCUT2D eigenvalue weighted by Crippen LogP contribution is -2.34. The molecular formula is C17H21FN4O2. The van der Waals surface area contributed by atoms with Gasteiger partial charge in [0.1, 0.15) is 18.2 Å². The molecule has 2 aromatic rings. The molecule has 1 N–H and O–H groups in total. The van der Waals surface area contributed by atoms with Gasteiger partial charge in [0.25, 0.3) is 0 Å². The smallest absolute Gasteiger partial charge is 0.346 e. The zero-order valence-electron chi connectivity index (χ0n) is 13.5. The first-order valence-electron chi connectivity index (χ1n) is 8.31. The molecular weight excluding hydrogens is 311 g/mol. The largest absolute Gasteiger partial charge is 0.354 e. The summed E-state index contributed by atoms with van der Waals surface area (Å²) in [6, 6.07) is 6.29. The Morgan fingerprint density at radius 1 is 1.29 bits per heavy atom. The molecule has 1 amide bonds. The van der Waals surface area contributed by atoms with Crippen LogP contribution in [0.15, 0.2) is 29.1 Å². The zero-order chi connectivity index (χ0) is 16.9. The van der Waals surface area contributed by atoms with Crippen LogP contribution in [0.3, 0.4) is 0 Å². The molecule has 6 nitrogen and oxygen atoms in total. The fraction of sp³-hybridized carbons (Fsp3) is 0.471. The Morgan fingerprint density at radius 2 is 2.17 bits per heavy atom. The fourth-order valence-corrected chi connectivity index (χ4v) is 2.96. The first-order chi connectivity index (χ1) is 11.6. The maximum Gasteiger partial charge on any atom is 0.346 e. The summed E-state index contributed by atoms with van der Waals surface area (Å²) in [6.07, 6.45) is 4.42. The normalized spacial score (nSPS) is 14.0. The molecule has 0 bridgehead atoms. The number of nitrogens with one attached hydrogen (secondary N) is 1. The van der Waals surface area contributed by atoms with Crippen molar-refractivity contribution in [2.45, 2.75) is 45.2 Å². The third kappa shape index (κ3) is 3.90. The maximum atomic E-state index is 13.1. The van der Waals surface area contributed by atoms with E-state index in [1.807, 2.05) is 6.07 Å². The van der Waals surface area contributed by atoms with E-state index in [1.165, 1.54) is 16.8 Å². The molecule has 1 aromatic heterocycles. The van der Waals surface area contributed by atoms with Gasteiger partial charge < -0.3 is 5.32 Å². The number of halogens is 1. The number of carbonyl (C=O) groups excluding carboxylic acids is 1. The van der Waals surface area contributed by atoms with Gasteiger partial charge in [0.2, 0.25) is 5.91 Å². The second kappa shape index (κ2) is 7.42. The SMILES string of the molecule is O=C(Cn1nc2n(c1=O)CCCCC2)NCCc1cccc(F)c1. The van der Waals surface area contributed by atoms with Gasteiger partial charge in [-0.2, -0.15) is 5.10 Å². The molecule has 3 rings (SSSR count). The van der Waals surface area contributed by atoms with E-state index in [0.29, 0.717) is 19.5 Å². The van der Waals surface area contributed by atoms with E-state index in [-0.39, 0.29) is 24.0 Å². The highest BCUT2D eigenvalue weighted by Crippen LogP contribution is 2.10. The average molecular weight is 332 g/mol. The van der Waals surface area contributed by atoms with Crippen molar-refractivity contribution < 1.29 is 9.18 Å². The van der Waals surface area contributed by atoms with Crippen LogP contribution in [0.1, 0.15) is 30.7 Å². The standard InChI is InChI=1S/C17H21FN4O2/c18-14-6-4-5-13(11-14)8-9-19-16(23)12-22-17(24)21-10-3-1-2-7-15(21)20-22/h4-6,11H,1-3,7-10,12H2,(H,19,23). The third-order valence-corrected chi connectivity index (χ3v) is 4.20. The zero-order valence-corrected chi connectivity index (χ0v) is 13.5. The number of fused-ring (bicyclic) bond motifs is 1. The van der Waals surface area contributed by atoms with Crippen LogP contribution < -0.4 is 11.0 Å². The summed E-state index contributed by atoms with van der Waals surface area (Å²) in [6.45, 7) is 0.988. The summed E-state index contributed by atoms with van der Waals surface area (Å²) in [5, 5.41) is 7.03. The molecule has 24 heavy (non-hydrogen) atoms. The van der Waals surface area contributed by atoms with E-state index in [4.69, 9.17) is 0 Å². The summed E-state index contributed by atoms with van der Waals surface area (Å²) in [4.78, 5) is 24.3. The Labute approximate surface area is 139 Å². The van der Waals surface area contributed by atoms with Crippen LogP contribution >= 0.6 is 0 Å². The lowest BCUT2D eigenvalue weighted by atomic mass is 10.1. The second-order valence-electron chi connectivity index (χ2n) is 6.05. The number of amides is 1. The number of nitrogens with zero attached hydrogens (tertiary/aromatic N) is 3. The van der Waals surface area contributed by atoms with E-state index >= 15 is 0 Å². The molecule has 0 saturated carbocycles. The van der Waals surface area contributed by atoms with Crippen LogP contribution in [0.25, 0.3) is 0 Å². The highest BCUT2D eigenvalue weighted by atomic mass is 19.1. The predicted octanol–water partition coefficient (Wildman–Crippen LogP) is 1.27. The number of hydrogen-bond donors (Lipinski definition) is 1. The molecule has 0 unspecified atom stereocenters. The first-order valence-corrected chi connectivity index (χ1v) is 8.31. The first kappa shape index (κ1) is 16.4. The minimum Gasteiger partial charge on any atom is -0.354 e. The summed E-state index contributed by atoms with van der Waals surface area (Å²) in [5.41, 5.74) is 0.605. The summed E-state index contributed by atoms with van der Waals surface area (Å²) >= 11 is 0. The lowest BCUT2D eigenvalue weighted by molar-refractivity contribution is -0.121. The van der Waals surface area contributed by atoms with Crippen LogP contribution in [0.2, 0.25) is 0 Å². The average Bonchev–Trinajstić information content (AvgIpc) is 2.73. The molecule has 0 aliphatic carbocycles. The van der Waals surface area contributed by atoms with Crippen molar-refractivity contribution in [2.24, 2.45) is 0 Å². The second-order valence-corrected chi connectivity index (χ2v) is 6.05. The van der Waals surface area contributed by atoms with Crippen LogP contribution in [-0.4, -0.2) is 26.8 Å². The quantitative estimate of drug-likeness (QED) is 0.896. The van der Waals surface area contributed by atoms with Crippen LogP contribution in [0.4, 0.5) is 4.39 Å². The summed E-state index contributed by atoms with van der Waals surface area (Å²) in [7, 11) is 0. The predicted molar refractivity (Wildman–Crippen MR) is 87.2 cm³/mol. The molecule has 1 aliphatic rings. The Morgan fingerprint density at radius 3 is 3.00 bits per heavy atom. The van der Waals surface area contributed by atoms with Gasteiger partial charge in [0.15, 0.2) is 0 Å². The van der Waals surface area contributed by atoms with Crippen molar-refractivity contribution >= 4 is 5.91 Å². The van der Waals surface area contributed by atoms with Gasteiger partial charge in [0, 0.05) is 19.5 Å². The Balaban J connectivity index is 1.54. The van der Waals surface area contributed by atoms with Gasteiger partial charge in [-0.15, -0.1) is 0 Å². The summed E-state index contributed by atoms with van der Waals surface area (Å²) in [5.74, 6) is 0.219. The molecule has 128 valence electrons. The van der Waals surface area contributed by atoms with E-state index in [0.717, 1.165) is 37.1 Å². The molecule has 0 spiro atoms. The van der Waals surface area contributed by atoms with Gasteiger partial charge in [-0.1, -0.05) is 18.6 Å². The van der Waals surface area contributed by atoms with Crippen molar-refractivity contribution in [3.8, 4) is 0 Å². The van der Waals surface area contributed by atoms with Gasteiger partial charge in [0.05, 0.1) is 0 Å². The highest BCUT2D eigenvalue weighted by Gasteiger charge is 2.17. The number of benzene rings is 1. The molecule has 0 radical (unpaired) electrons. The molecule has 7 heteroatoms. The van der Waals surface area contributed by atoms with Crippen molar-refractivity contribution in [3.63, 3.8) is 0 Å². The molecule has 0 saturated heterocycles. The van der Waals surface area contributed by atoms with Gasteiger partial charge in [-0.25, -0.2) is 13.9 Å². The van der Waals surface area contributed by atoms with E-state index < -0.39 is 0 Å². The molecule has 1 aliphatic heterocycles. The molecule has 2 heterocycles. The van der Waals surface area contributed by atoms with E-state index in [1.54, 1.807) is 10.6 Å². The Kier molecular flexibility index (Phi) is 5.08. The van der Waals surface area contributed by atoms with Gasteiger partial charge in [-0.05, 0) is 37.0 Å². The van der Waals surface area contributed by atoms with Crippen LogP contribution in [0.5, 0.6) is 0 Å². The van der Waals surface area contributed by atoms with Crippen molar-refractivity contribution in [2.75, 3.05) is 6.54 Å². The highest BCUT2D eigenvalue weighted by molar-refractivity contribution is 5.75. The Bertz CT molecular complexity index is 781. The van der Waals surface area contributed by atoms with E-state index in [9.17, 15) is 14.0 Å². The fourth-order valence-electron chi connectivity index (χ4n) is 2.96. The van der Waals surface area contributed by atoms with Crippen molar-refractivity contribution in [3.05, 3.63) is 52.0 Å². The minimum absolute atomic E-state index is 0.0814. The van der Waals surface area contributed by atoms with Crippen molar-refractivity contribution in [1.82, 2.24) is 19.7 Å². The van der Waals surface area contributed by atoms with Crippen molar-refractivity contribution in [1.29, 1.82) is 0 Å². The molecule has 0 fully saturated rings. The number of carbonyl (C=O) groups is 1. The van der Waals surface area contributed by atoms with Crippen LogP contribution in [-0.2, 0) is 30.7 Å². The number of aryl methyl sites for hydroxylation is 1. The number of hydrogen-bond acceptors (Lipinski definition) is 3. The monoisotopic (exact) mass is 332 g/mol. The number of aromatic nitrogens is 3. The third-order valence-electron chi connectivity index (χ3n) is 4.20. The maximum absolute atomic E-state index is 13.1. The number of rotatable bonds is 5. The Hall–Kier alpha value is -2.44. The van der Waals surface area contributed by atoms with Crippen LogP contribution in [0, 0.1) is 5.82 Å². The topological polar surface area (TPSA) is 68.9 Å². The summed E-state index contributed by atoms with van der Waals surface area (Å²) < 4.78 is 16.0. The van der Waals surface area contributed by atoms with E-state index in [2.05, 4.69) is 10.4 Å². The molecule has 1 aromatic carbocycles. The molecule has 0 atom stereocenters. The van der Waals surface area contributed by atoms with Gasteiger partial charge >= 0.3 is 5.69 Å². The minimum atomic E-state index is -0.287.